The van der Waals surface area contributed by atoms with Crippen LogP contribution in [0.25, 0.3) is 11.3 Å². The van der Waals surface area contributed by atoms with E-state index >= 15 is 0 Å². The lowest BCUT2D eigenvalue weighted by Crippen LogP contribution is -1.87. The summed E-state index contributed by atoms with van der Waals surface area (Å²) in [5, 5.41) is 3.98. The van der Waals surface area contributed by atoms with Gasteiger partial charge in [-0.25, -0.2) is 4.98 Å². The van der Waals surface area contributed by atoms with Gasteiger partial charge >= 0.3 is 0 Å². The van der Waals surface area contributed by atoms with Crippen molar-refractivity contribution < 1.29 is 4.52 Å². The Labute approximate surface area is 106 Å². The lowest BCUT2D eigenvalue weighted by molar-refractivity contribution is 0.398. The molecular formula is C10H8ClIN2O. The molecule has 0 amide bonds. The van der Waals surface area contributed by atoms with Crippen molar-refractivity contribution in [2.45, 2.75) is 12.8 Å². The van der Waals surface area contributed by atoms with Gasteiger partial charge in [0.15, 0.2) is 0 Å². The Morgan fingerprint density at radius 3 is 2.87 bits per heavy atom. The maximum absolute atomic E-state index is 5.84. The van der Waals surface area contributed by atoms with E-state index in [0.717, 1.165) is 26.3 Å². The predicted molar refractivity (Wildman–Crippen MR) is 66.7 cm³/mol. The van der Waals surface area contributed by atoms with Crippen LogP contribution >= 0.6 is 34.2 Å². The molecule has 15 heavy (non-hydrogen) atoms. The average Bonchev–Trinajstić information content (AvgIpc) is 2.61. The summed E-state index contributed by atoms with van der Waals surface area (Å²) in [5.74, 6) is 1.16. The maximum atomic E-state index is 5.84. The van der Waals surface area contributed by atoms with Crippen molar-refractivity contribution in [1.29, 1.82) is 0 Å². The van der Waals surface area contributed by atoms with E-state index in [1.165, 1.54) is 0 Å². The fraction of sp³-hybridized carbons (Fsp3) is 0.200. The zero-order valence-corrected chi connectivity index (χ0v) is 10.9. The molecule has 0 fully saturated rings. The van der Waals surface area contributed by atoms with E-state index in [4.69, 9.17) is 16.1 Å². The molecule has 0 bridgehead atoms. The van der Waals surface area contributed by atoms with Gasteiger partial charge in [-0.3, -0.25) is 0 Å². The van der Waals surface area contributed by atoms with Gasteiger partial charge in [-0.1, -0.05) is 5.16 Å². The number of rotatable bonds is 2. The van der Waals surface area contributed by atoms with Crippen LogP contribution < -0.4 is 0 Å². The zero-order chi connectivity index (χ0) is 10.8. The third kappa shape index (κ3) is 2.15. The molecule has 2 aromatic heterocycles. The summed E-state index contributed by atoms with van der Waals surface area (Å²) >= 11 is 8.00. The van der Waals surface area contributed by atoms with Gasteiger partial charge in [0.1, 0.15) is 15.2 Å². The number of nitrogens with zero attached hydrogens (tertiary/aromatic N) is 2. The zero-order valence-electron chi connectivity index (χ0n) is 8.00. The van der Waals surface area contributed by atoms with Crippen LogP contribution in [0.4, 0.5) is 0 Å². The van der Waals surface area contributed by atoms with Crippen molar-refractivity contribution in [3.63, 3.8) is 0 Å². The quantitative estimate of drug-likeness (QED) is 0.480. The summed E-state index contributed by atoms with van der Waals surface area (Å²) < 4.78 is 6.06. The highest BCUT2D eigenvalue weighted by atomic mass is 127. The van der Waals surface area contributed by atoms with Gasteiger partial charge in [-0.15, -0.1) is 11.6 Å². The van der Waals surface area contributed by atoms with Crippen LogP contribution in [0.5, 0.6) is 0 Å². The summed E-state index contributed by atoms with van der Waals surface area (Å²) in [7, 11) is 0. The van der Waals surface area contributed by atoms with Gasteiger partial charge in [0.25, 0.3) is 0 Å². The van der Waals surface area contributed by atoms with Gasteiger partial charge in [0.05, 0.1) is 5.88 Å². The van der Waals surface area contributed by atoms with Crippen molar-refractivity contribution in [3.05, 3.63) is 33.4 Å². The monoisotopic (exact) mass is 334 g/mol. The molecule has 5 heteroatoms. The van der Waals surface area contributed by atoms with E-state index < -0.39 is 0 Å². The first-order chi connectivity index (χ1) is 7.22. The number of hydrogen-bond donors (Lipinski definition) is 0. The fourth-order valence-electron chi connectivity index (χ4n) is 1.29. The van der Waals surface area contributed by atoms with Crippen molar-refractivity contribution in [2.24, 2.45) is 0 Å². The first kappa shape index (κ1) is 10.9. The standard InChI is InChI=1S/C10H8ClIN2O/c1-6-8(4-11)10(14-15-6)7-2-3-9(12)13-5-7/h2-3,5H,4H2,1H3. The molecule has 2 aromatic rings. The van der Waals surface area contributed by atoms with E-state index in [0.29, 0.717) is 5.88 Å². The van der Waals surface area contributed by atoms with Crippen LogP contribution in [0, 0.1) is 10.6 Å². The summed E-state index contributed by atoms with van der Waals surface area (Å²) in [6.07, 6.45) is 1.77. The van der Waals surface area contributed by atoms with Crippen LogP contribution in [0.2, 0.25) is 0 Å². The molecule has 3 nitrogen and oxygen atoms in total. The minimum atomic E-state index is 0.399. The third-order valence-electron chi connectivity index (χ3n) is 2.12. The summed E-state index contributed by atoms with van der Waals surface area (Å²) in [5.41, 5.74) is 2.65. The third-order valence-corrected chi connectivity index (χ3v) is 3.02. The van der Waals surface area contributed by atoms with Crippen LogP contribution in [-0.2, 0) is 5.88 Å². The molecule has 0 atom stereocenters. The smallest absolute Gasteiger partial charge is 0.138 e. The number of hydrogen-bond acceptors (Lipinski definition) is 3. The summed E-state index contributed by atoms with van der Waals surface area (Å²) in [6.45, 7) is 1.86. The average molecular weight is 335 g/mol. The molecule has 0 aliphatic carbocycles. The molecule has 0 spiro atoms. The number of pyridine rings is 1. The topological polar surface area (TPSA) is 38.9 Å². The van der Waals surface area contributed by atoms with Crippen molar-refractivity contribution >= 4 is 34.2 Å². The largest absolute Gasteiger partial charge is 0.361 e. The van der Waals surface area contributed by atoms with E-state index in [-0.39, 0.29) is 0 Å². The molecule has 0 aliphatic heterocycles. The molecule has 0 aliphatic rings. The SMILES string of the molecule is Cc1onc(-c2ccc(I)nc2)c1CCl. The van der Waals surface area contributed by atoms with Gasteiger partial charge in [0, 0.05) is 17.3 Å². The van der Waals surface area contributed by atoms with Crippen molar-refractivity contribution in [2.75, 3.05) is 0 Å². The van der Waals surface area contributed by atoms with Gasteiger partial charge < -0.3 is 4.52 Å². The van der Waals surface area contributed by atoms with Crippen LogP contribution in [0.3, 0.4) is 0 Å². The van der Waals surface area contributed by atoms with Crippen LogP contribution in [0.15, 0.2) is 22.9 Å². The Bertz CT molecular complexity index is 467. The Morgan fingerprint density at radius 2 is 2.27 bits per heavy atom. The lowest BCUT2D eigenvalue weighted by Gasteiger charge is -1.98. The number of halogens is 2. The van der Waals surface area contributed by atoms with Gasteiger partial charge in [0.2, 0.25) is 0 Å². The second kappa shape index (κ2) is 4.49. The molecule has 0 N–H and O–H groups in total. The Kier molecular flexibility index (Phi) is 3.25. The maximum Gasteiger partial charge on any atom is 0.138 e. The molecule has 0 unspecified atom stereocenters. The van der Waals surface area contributed by atoms with E-state index in [9.17, 15) is 0 Å². The minimum Gasteiger partial charge on any atom is -0.361 e. The molecule has 2 heterocycles. The highest BCUT2D eigenvalue weighted by Gasteiger charge is 2.13. The van der Waals surface area contributed by atoms with Crippen molar-refractivity contribution in [3.8, 4) is 11.3 Å². The van der Waals surface area contributed by atoms with E-state index in [1.54, 1.807) is 6.20 Å². The predicted octanol–water partition coefficient (Wildman–Crippen LogP) is 3.39. The van der Waals surface area contributed by atoms with Gasteiger partial charge in [-0.2, -0.15) is 0 Å². The molecule has 0 saturated heterocycles. The Hall–Kier alpha value is -0.620. The highest BCUT2D eigenvalue weighted by Crippen LogP contribution is 2.26. The van der Waals surface area contributed by atoms with E-state index in [2.05, 4.69) is 32.7 Å². The molecule has 0 aromatic carbocycles. The summed E-state index contributed by atoms with van der Waals surface area (Å²) in [6, 6.07) is 3.89. The first-order valence-electron chi connectivity index (χ1n) is 4.35. The molecule has 0 radical (unpaired) electrons. The van der Waals surface area contributed by atoms with Crippen LogP contribution in [0.1, 0.15) is 11.3 Å². The number of alkyl halides is 1. The molecule has 78 valence electrons. The second-order valence-corrected chi connectivity index (χ2v) is 4.44. The van der Waals surface area contributed by atoms with Gasteiger partial charge in [-0.05, 0) is 41.6 Å². The second-order valence-electron chi connectivity index (χ2n) is 3.07. The summed E-state index contributed by atoms with van der Waals surface area (Å²) in [4.78, 5) is 4.20. The van der Waals surface area contributed by atoms with Crippen molar-refractivity contribution in [1.82, 2.24) is 10.1 Å². The molecular weight excluding hydrogens is 326 g/mol. The van der Waals surface area contributed by atoms with Crippen LogP contribution in [-0.4, -0.2) is 10.1 Å². The Morgan fingerprint density at radius 1 is 1.47 bits per heavy atom. The first-order valence-corrected chi connectivity index (χ1v) is 5.96. The molecule has 0 saturated carbocycles. The van der Waals surface area contributed by atoms with E-state index in [1.807, 2.05) is 19.1 Å². The molecule has 2 rings (SSSR count). The minimum absolute atomic E-state index is 0.399. The number of aryl methyl sites for hydroxylation is 1. The highest BCUT2D eigenvalue weighted by molar-refractivity contribution is 14.1. The number of aromatic nitrogens is 2. The fourth-order valence-corrected chi connectivity index (χ4v) is 1.93. The lowest BCUT2D eigenvalue weighted by atomic mass is 10.1. The Balaban J connectivity index is 2.49. The normalized spacial score (nSPS) is 10.6.